The number of ether oxygens (including phenoxy) is 1. The van der Waals surface area contributed by atoms with Gasteiger partial charge in [0.25, 0.3) is 0 Å². The smallest absolute Gasteiger partial charge is 0.151 e. The minimum Gasteiger partial charge on any atom is -0.372 e. The maximum absolute atomic E-state index is 11.2. The second-order valence-electron chi connectivity index (χ2n) is 3.95. The van der Waals surface area contributed by atoms with Gasteiger partial charge in [0.15, 0.2) is 9.84 Å². The van der Waals surface area contributed by atoms with Crippen LogP contribution in [0.3, 0.4) is 0 Å². The number of epoxide rings is 1. The minimum atomic E-state index is -2.74. The van der Waals surface area contributed by atoms with E-state index in [1.165, 1.54) is 0 Å². The molecule has 2 saturated heterocycles. The van der Waals surface area contributed by atoms with E-state index in [0.717, 1.165) is 19.6 Å². The first kappa shape index (κ1) is 9.43. The molecule has 0 aromatic heterocycles. The van der Waals surface area contributed by atoms with Gasteiger partial charge < -0.3 is 4.74 Å². The molecular formula is C8H15NO3S. The molecule has 0 N–H and O–H groups in total. The van der Waals surface area contributed by atoms with Crippen LogP contribution in [0.15, 0.2) is 0 Å². The van der Waals surface area contributed by atoms with E-state index in [0.29, 0.717) is 17.6 Å². The Hall–Kier alpha value is -0.130. The van der Waals surface area contributed by atoms with Crippen LogP contribution in [0.25, 0.3) is 0 Å². The molecule has 0 amide bonds. The summed E-state index contributed by atoms with van der Waals surface area (Å²) < 4.78 is 27.5. The fourth-order valence-electron chi connectivity index (χ4n) is 1.77. The Balaban J connectivity index is 1.87. The van der Waals surface area contributed by atoms with Crippen LogP contribution in [-0.4, -0.2) is 57.2 Å². The van der Waals surface area contributed by atoms with Gasteiger partial charge in [-0.05, 0) is 13.5 Å². The zero-order chi connectivity index (χ0) is 9.47. The highest BCUT2D eigenvalue weighted by atomic mass is 32.2. The Kier molecular flexibility index (Phi) is 2.33. The first-order valence-electron chi connectivity index (χ1n) is 4.59. The molecule has 0 saturated carbocycles. The monoisotopic (exact) mass is 205 g/mol. The summed E-state index contributed by atoms with van der Waals surface area (Å²) in [6.45, 7) is 1.71. The fourth-order valence-corrected chi connectivity index (χ4v) is 3.57. The van der Waals surface area contributed by atoms with Crippen molar-refractivity contribution in [1.82, 2.24) is 4.90 Å². The molecule has 76 valence electrons. The Labute approximate surface area is 78.8 Å². The highest BCUT2D eigenvalue weighted by molar-refractivity contribution is 7.91. The summed E-state index contributed by atoms with van der Waals surface area (Å²) in [6.07, 6.45) is 1.14. The number of sulfone groups is 1. The summed E-state index contributed by atoms with van der Waals surface area (Å²) in [5.41, 5.74) is 0. The molecule has 0 bridgehead atoms. The lowest BCUT2D eigenvalue weighted by Crippen LogP contribution is -2.35. The quantitative estimate of drug-likeness (QED) is 0.583. The molecule has 5 heteroatoms. The molecule has 2 aliphatic heterocycles. The molecule has 2 heterocycles. The Morgan fingerprint density at radius 3 is 2.69 bits per heavy atom. The van der Waals surface area contributed by atoms with E-state index in [2.05, 4.69) is 4.90 Å². The summed E-state index contributed by atoms with van der Waals surface area (Å²) >= 11 is 0. The molecule has 0 aromatic carbocycles. The molecule has 2 fully saturated rings. The van der Waals surface area contributed by atoms with Crippen LogP contribution in [-0.2, 0) is 14.6 Å². The normalized spacial score (nSPS) is 36.8. The van der Waals surface area contributed by atoms with Crippen LogP contribution in [0, 0.1) is 0 Å². The van der Waals surface area contributed by atoms with Crippen molar-refractivity contribution in [3.05, 3.63) is 0 Å². The van der Waals surface area contributed by atoms with Gasteiger partial charge in [0.1, 0.15) is 0 Å². The lowest BCUT2D eigenvalue weighted by atomic mass is 10.2. The predicted molar refractivity (Wildman–Crippen MR) is 49.4 cm³/mol. The highest BCUT2D eigenvalue weighted by Gasteiger charge is 2.33. The second-order valence-corrected chi connectivity index (χ2v) is 6.18. The molecule has 0 spiro atoms. The summed E-state index contributed by atoms with van der Waals surface area (Å²) in [6, 6.07) is 0.217. The van der Waals surface area contributed by atoms with E-state index < -0.39 is 9.84 Å². The summed E-state index contributed by atoms with van der Waals surface area (Å²) in [4.78, 5) is 2.11. The van der Waals surface area contributed by atoms with Crippen LogP contribution >= 0.6 is 0 Å². The zero-order valence-corrected chi connectivity index (χ0v) is 8.59. The molecule has 2 unspecified atom stereocenters. The molecule has 4 nitrogen and oxygen atoms in total. The van der Waals surface area contributed by atoms with Crippen molar-refractivity contribution < 1.29 is 13.2 Å². The standard InChI is InChI=1S/C8H15NO3S/c1-9(4-8-5-12-8)7-2-3-13(10,11)6-7/h7-8H,2-6H2,1H3. The topological polar surface area (TPSA) is 49.9 Å². The molecule has 2 rings (SSSR count). The van der Waals surface area contributed by atoms with Gasteiger partial charge in [-0.25, -0.2) is 8.42 Å². The van der Waals surface area contributed by atoms with Gasteiger partial charge in [-0.3, -0.25) is 4.90 Å². The summed E-state index contributed by atoms with van der Waals surface area (Å²) in [7, 11) is -0.759. The third-order valence-electron chi connectivity index (χ3n) is 2.73. The minimum absolute atomic E-state index is 0.217. The van der Waals surface area contributed by atoms with Crippen LogP contribution in [0.2, 0.25) is 0 Å². The van der Waals surface area contributed by atoms with Gasteiger partial charge >= 0.3 is 0 Å². The van der Waals surface area contributed by atoms with E-state index in [1.54, 1.807) is 0 Å². The van der Waals surface area contributed by atoms with Crippen LogP contribution in [0.1, 0.15) is 6.42 Å². The predicted octanol–water partition coefficient (Wildman–Crippen LogP) is -0.496. The molecule has 0 radical (unpaired) electrons. The zero-order valence-electron chi connectivity index (χ0n) is 7.77. The van der Waals surface area contributed by atoms with Gasteiger partial charge in [-0.15, -0.1) is 0 Å². The van der Waals surface area contributed by atoms with Gasteiger partial charge in [-0.2, -0.15) is 0 Å². The lowest BCUT2D eigenvalue weighted by molar-refractivity contribution is 0.233. The lowest BCUT2D eigenvalue weighted by Gasteiger charge is -2.21. The van der Waals surface area contributed by atoms with Crippen molar-refractivity contribution in [3.63, 3.8) is 0 Å². The van der Waals surface area contributed by atoms with Crippen LogP contribution in [0.4, 0.5) is 0 Å². The molecule has 2 atom stereocenters. The molecule has 0 aliphatic carbocycles. The maximum Gasteiger partial charge on any atom is 0.151 e. The van der Waals surface area contributed by atoms with Crippen LogP contribution < -0.4 is 0 Å². The fraction of sp³-hybridized carbons (Fsp3) is 1.00. The van der Waals surface area contributed by atoms with Crippen molar-refractivity contribution in [2.75, 3.05) is 31.7 Å². The van der Waals surface area contributed by atoms with E-state index in [9.17, 15) is 8.42 Å². The number of hydrogen-bond donors (Lipinski definition) is 0. The summed E-state index contributed by atoms with van der Waals surface area (Å²) in [5, 5.41) is 0. The molecule has 0 aromatic rings. The Morgan fingerprint density at radius 1 is 1.54 bits per heavy atom. The van der Waals surface area contributed by atoms with Crippen molar-refractivity contribution in [2.24, 2.45) is 0 Å². The van der Waals surface area contributed by atoms with E-state index >= 15 is 0 Å². The Bertz CT molecular complexity index is 284. The summed E-state index contributed by atoms with van der Waals surface area (Å²) in [5.74, 6) is 0.684. The van der Waals surface area contributed by atoms with Gasteiger partial charge in [0.2, 0.25) is 0 Å². The van der Waals surface area contributed by atoms with Crippen molar-refractivity contribution in [1.29, 1.82) is 0 Å². The van der Waals surface area contributed by atoms with Gasteiger partial charge in [-0.1, -0.05) is 0 Å². The third kappa shape index (κ3) is 2.42. The first-order valence-corrected chi connectivity index (χ1v) is 6.41. The van der Waals surface area contributed by atoms with E-state index in [-0.39, 0.29) is 6.04 Å². The van der Waals surface area contributed by atoms with Gasteiger partial charge in [0.05, 0.1) is 24.2 Å². The molecular weight excluding hydrogens is 190 g/mol. The molecule has 2 aliphatic rings. The van der Waals surface area contributed by atoms with Gasteiger partial charge in [0, 0.05) is 12.6 Å². The van der Waals surface area contributed by atoms with Crippen molar-refractivity contribution in [3.8, 4) is 0 Å². The number of likely N-dealkylation sites (N-methyl/N-ethyl adjacent to an activating group) is 1. The largest absolute Gasteiger partial charge is 0.372 e. The number of hydrogen-bond acceptors (Lipinski definition) is 4. The second kappa shape index (κ2) is 3.22. The third-order valence-corrected chi connectivity index (χ3v) is 4.48. The van der Waals surface area contributed by atoms with E-state index in [1.807, 2.05) is 7.05 Å². The van der Waals surface area contributed by atoms with Crippen LogP contribution in [0.5, 0.6) is 0 Å². The average molecular weight is 205 g/mol. The van der Waals surface area contributed by atoms with Crippen molar-refractivity contribution >= 4 is 9.84 Å². The highest BCUT2D eigenvalue weighted by Crippen LogP contribution is 2.19. The van der Waals surface area contributed by atoms with Crippen molar-refractivity contribution in [2.45, 2.75) is 18.6 Å². The number of rotatable bonds is 3. The molecule has 13 heavy (non-hydrogen) atoms. The average Bonchev–Trinajstić information content (AvgIpc) is 2.75. The van der Waals surface area contributed by atoms with E-state index in [4.69, 9.17) is 4.74 Å². The maximum atomic E-state index is 11.2. The number of nitrogens with zero attached hydrogens (tertiary/aromatic N) is 1. The Morgan fingerprint density at radius 2 is 2.23 bits per heavy atom. The SMILES string of the molecule is CN(CC1CO1)C1CCS(=O)(=O)C1. The first-order chi connectivity index (χ1) is 6.07.